The maximum absolute atomic E-state index is 14.7. The highest BCUT2D eigenvalue weighted by Gasteiger charge is 2.26. The number of hydrogen-bond acceptors (Lipinski definition) is 6. The van der Waals surface area contributed by atoms with Gasteiger partial charge in [0.15, 0.2) is 22.2 Å². The minimum Gasteiger partial charge on any atom is -0.609 e. The van der Waals surface area contributed by atoms with Crippen molar-refractivity contribution in [1.29, 1.82) is 0 Å². The van der Waals surface area contributed by atoms with Crippen LogP contribution in [0.5, 0.6) is 11.5 Å². The van der Waals surface area contributed by atoms with Crippen LogP contribution in [0, 0.1) is 11.7 Å². The van der Waals surface area contributed by atoms with E-state index in [9.17, 15) is 8.94 Å². The highest BCUT2D eigenvalue weighted by molar-refractivity contribution is 7.91. The summed E-state index contributed by atoms with van der Waals surface area (Å²) in [6.45, 7) is 2.11. The van der Waals surface area contributed by atoms with Crippen LogP contribution < -0.4 is 14.4 Å². The second kappa shape index (κ2) is 9.13. The fourth-order valence-electron chi connectivity index (χ4n) is 3.94. The van der Waals surface area contributed by atoms with Crippen molar-refractivity contribution in [1.82, 2.24) is 9.97 Å². The second-order valence-corrected chi connectivity index (χ2v) is 9.66. The van der Waals surface area contributed by atoms with E-state index in [0.29, 0.717) is 34.1 Å². The summed E-state index contributed by atoms with van der Waals surface area (Å²) in [5.74, 6) is 1.63. The minimum absolute atomic E-state index is 0.172. The number of benzene rings is 2. The quantitative estimate of drug-likeness (QED) is 0.501. The van der Waals surface area contributed by atoms with E-state index in [2.05, 4.69) is 14.9 Å². The van der Waals surface area contributed by atoms with Crippen LogP contribution in [-0.2, 0) is 11.2 Å². The molecular formula is C23H21ClFN3O3S. The number of fused-ring (bicyclic) bond motifs is 1. The van der Waals surface area contributed by atoms with Crippen molar-refractivity contribution in [3.05, 3.63) is 59.6 Å². The SMILES string of the molecule is [O-][S+]1COc2cc(-c3ccc(OCC4CCN(c5ncc(Cl)cn5)CC4)c(F)c3)ccc21. The molecule has 32 heavy (non-hydrogen) atoms. The molecule has 1 saturated heterocycles. The molecule has 3 heterocycles. The van der Waals surface area contributed by atoms with Crippen LogP contribution in [0.4, 0.5) is 10.3 Å². The van der Waals surface area contributed by atoms with Crippen molar-refractivity contribution in [2.75, 3.05) is 30.5 Å². The zero-order valence-electron chi connectivity index (χ0n) is 17.2. The summed E-state index contributed by atoms with van der Waals surface area (Å²) in [7, 11) is 0. The van der Waals surface area contributed by atoms with E-state index in [-0.39, 0.29) is 11.7 Å². The van der Waals surface area contributed by atoms with Gasteiger partial charge in [-0.1, -0.05) is 17.7 Å². The van der Waals surface area contributed by atoms with Gasteiger partial charge in [0.05, 0.1) is 24.0 Å². The molecule has 1 unspecified atom stereocenters. The van der Waals surface area contributed by atoms with Crippen molar-refractivity contribution < 1.29 is 18.4 Å². The third-order valence-corrected chi connectivity index (χ3v) is 7.11. The molecule has 2 aromatic carbocycles. The molecule has 9 heteroatoms. The lowest BCUT2D eigenvalue weighted by molar-refractivity contribution is 0.215. The fraction of sp³-hybridized carbons (Fsp3) is 0.304. The van der Waals surface area contributed by atoms with Gasteiger partial charge >= 0.3 is 0 Å². The van der Waals surface area contributed by atoms with Crippen LogP contribution in [0.1, 0.15) is 12.8 Å². The average molecular weight is 474 g/mol. The lowest BCUT2D eigenvalue weighted by Gasteiger charge is -2.31. The summed E-state index contributed by atoms with van der Waals surface area (Å²) in [5, 5.41) is 0.519. The summed E-state index contributed by atoms with van der Waals surface area (Å²) in [6.07, 6.45) is 5.04. The van der Waals surface area contributed by atoms with Crippen LogP contribution >= 0.6 is 11.6 Å². The Hall–Kier alpha value is -2.55. The van der Waals surface area contributed by atoms with Crippen molar-refractivity contribution in [2.24, 2.45) is 5.92 Å². The molecule has 6 nitrogen and oxygen atoms in total. The van der Waals surface area contributed by atoms with Crippen LogP contribution in [0.15, 0.2) is 53.7 Å². The molecule has 2 aliphatic heterocycles. The summed E-state index contributed by atoms with van der Waals surface area (Å²) in [4.78, 5) is 11.3. The zero-order chi connectivity index (χ0) is 22.1. The Morgan fingerprint density at radius 1 is 1.12 bits per heavy atom. The Balaban J connectivity index is 1.18. The van der Waals surface area contributed by atoms with Gasteiger partial charge in [-0.05, 0) is 60.2 Å². The summed E-state index contributed by atoms with van der Waals surface area (Å²) < 4.78 is 37.8. The summed E-state index contributed by atoms with van der Waals surface area (Å²) >= 11 is 4.73. The lowest BCUT2D eigenvalue weighted by Crippen LogP contribution is -2.36. The van der Waals surface area contributed by atoms with Gasteiger partial charge in [0.25, 0.3) is 5.94 Å². The van der Waals surface area contributed by atoms with Crippen LogP contribution in [0.3, 0.4) is 0 Å². The molecule has 0 radical (unpaired) electrons. The Morgan fingerprint density at radius 3 is 2.59 bits per heavy atom. The minimum atomic E-state index is -1.12. The Labute approximate surface area is 193 Å². The first-order valence-electron chi connectivity index (χ1n) is 10.4. The average Bonchev–Trinajstić information content (AvgIpc) is 3.19. The van der Waals surface area contributed by atoms with Gasteiger partial charge in [0, 0.05) is 24.3 Å². The first-order valence-corrected chi connectivity index (χ1v) is 12.1. The molecule has 1 aromatic heterocycles. The smallest absolute Gasteiger partial charge is 0.250 e. The number of hydrogen-bond donors (Lipinski definition) is 0. The molecule has 166 valence electrons. The number of aromatic nitrogens is 2. The number of piperidine rings is 1. The second-order valence-electron chi connectivity index (χ2n) is 7.86. The monoisotopic (exact) mass is 473 g/mol. The third kappa shape index (κ3) is 4.48. The Morgan fingerprint density at radius 2 is 1.84 bits per heavy atom. The van der Waals surface area contributed by atoms with Crippen LogP contribution in [0.25, 0.3) is 11.1 Å². The van der Waals surface area contributed by atoms with Crippen LogP contribution in [-0.4, -0.2) is 40.2 Å². The molecule has 0 spiro atoms. The summed E-state index contributed by atoms with van der Waals surface area (Å²) in [5.41, 5.74) is 1.53. The molecule has 3 aromatic rings. The number of nitrogens with zero attached hydrogens (tertiary/aromatic N) is 3. The van der Waals surface area contributed by atoms with Gasteiger partial charge in [0.2, 0.25) is 5.95 Å². The lowest BCUT2D eigenvalue weighted by atomic mass is 9.98. The predicted octanol–water partition coefficient (Wildman–Crippen LogP) is 4.69. The van der Waals surface area contributed by atoms with Gasteiger partial charge in [-0.15, -0.1) is 0 Å². The van der Waals surface area contributed by atoms with E-state index in [1.807, 2.05) is 12.1 Å². The van der Waals surface area contributed by atoms with Gasteiger partial charge in [0.1, 0.15) is 0 Å². The normalized spacial score (nSPS) is 18.3. The van der Waals surface area contributed by atoms with Gasteiger partial charge in [-0.3, -0.25) is 0 Å². The van der Waals surface area contributed by atoms with Crippen molar-refractivity contribution in [2.45, 2.75) is 17.7 Å². The molecule has 0 bridgehead atoms. The zero-order valence-corrected chi connectivity index (χ0v) is 18.7. The van der Waals surface area contributed by atoms with Crippen molar-refractivity contribution >= 4 is 28.7 Å². The van der Waals surface area contributed by atoms with Gasteiger partial charge < -0.3 is 18.9 Å². The first-order chi connectivity index (χ1) is 15.6. The standard InChI is InChI=1S/C23H21ClFN3O3S/c24-18-11-26-23(27-12-18)28-7-5-15(6-8-28)13-30-20-3-1-16(9-19(20)25)17-2-4-22-21(10-17)31-14-32(22)29/h1-4,9-12,15H,5-8,13-14H2. The molecule has 0 aliphatic carbocycles. The molecule has 5 rings (SSSR count). The van der Waals surface area contributed by atoms with E-state index < -0.39 is 17.0 Å². The number of ether oxygens (including phenoxy) is 2. The highest BCUT2D eigenvalue weighted by Crippen LogP contribution is 2.36. The number of halogens is 2. The first kappa shape index (κ1) is 21.3. The van der Waals surface area contributed by atoms with E-state index in [1.165, 1.54) is 6.07 Å². The maximum atomic E-state index is 14.7. The predicted molar refractivity (Wildman–Crippen MR) is 121 cm³/mol. The Kier molecular flexibility index (Phi) is 6.08. The van der Waals surface area contributed by atoms with E-state index in [0.717, 1.165) is 37.1 Å². The molecule has 1 fully saturated rings. The number of anilines is 1. The highest BCUT2D eigenvalue weighted by atomic mass is 35.5. The van der Waals surface area contributed by atoms with Gasteiger partial charge in [-0.2, -0.15) is 0 Å². The molecular weight excluding hydrogens is 453 g/mol. The Bertz CT molecular complexity index is 1110. The van der Waals surface area contributed by atoms with Gasteiger partial charge in [-0.25, -0.2) is 14.4 Å². The third-order valence-electron chi connectivity index (χ3n) is 5.75. The maximum Gasteiger partial charge on any atom is 0.250 e. The molecule has 1 atom stereocenters. The molecule has 0 saturated carbocycles. The van der Waals surface area contributed by atoms with Crippen molar-refractivity contribution in [3.63, 3.8) is 0 Å². The largest absolute Gasteiger partial charge is 0.609 e. The van der Waals surface area contributed by atoms with E-state index in [4.69, 9.17) is 21.1 Å². The molecule has 2 aliphatic rings. The van der Waals surface area contributed by atoms with Crippen LogP contribution in [0.2, 0.25) is 5.02 Å². The number of rotatable bonds is 5. The molecule has 0 amide bonds. The fourth-order valence-corrected chi connectivity index (χ4v) is 4.96. The van der Waals surface area contributed by atoms with Crippen molar-refractivity contribution in [3.8, 4) is 22.6 Å². The summed E-state index contributed by atoms with van der Waals surface area (Å²) in [6, 6.07) is 10.4. The van der Waals surface area contributed by atoms with E-state index >= 15 is 0 Å². The molecule has 0 N–H and O–H groups in total. The topological polar surface area (TPSA) is 70.5 Å². The van der Waals surface area contributed by atoms with E-state index in [1.54, 1.807) is 30.6 Å².